The molecule has 0 bridgehead atoms. The number of halogens is 3. The minimum atomic E-state index is -5.14. The lowest BCUT2D eigenvalue weighted by Gasteiger charge is -2.20. The smallest absolute Gasteiger partial charge is 0.464 e. The number of alkyl halides is 3. The molecule has 11 heteroatoms. The Morgan fingerprint density at radius 3 is 2.27 bits per heavy atom. The molecule has 2 atom stereocenters. The molecule has 0 radical (unpaired) electrons. The quantitative estimate of drug-likeness (QED) is 0.554. The summed E-state index contributed by atoms with van der Waals surface area (Å²) in [7, 11) is -1.30. The zero-order valence-corrected chi connectivity index (χ0v) is 13.1. The molecule has 1 fully saturated rings. The van der Waals surface area contributed by atoms with Crippen LogP contribution in [0.2, 0.25) is 0 Å². The van der Waals surface area contributed by atoms with Crippen molar-refractivity contribution >= 4 is 19.5 Å². The highest BCUT2D eigenvalue weighted by Gasteiger charge is 2.65. The van der Waals surface area contributed by atoms with E-state index in [0.717, 1.165) is 14.2 Å². The van der Waals surface area contributed by atoms with Crippen molar-refractivity contribution in [2.75, 3.05) is 27.0 Å². The number of carbonyl (C=O) groups excluding carboxylic acids is 2. The Hall–Kier alpha value is -1.12. The molecule has 7 nitrogen and oxygen atoms in total. The molecule has 1 rings (SSSR count). The average Bonchev–Trinajstić information content (AvgIpc) is 3.11. The number of carbonyl (C=O) groups is 2. The standard InChI is InChI=1S/C11H17F3NO6P/c1-4-21-9(17)10(15-8(16)11(12,13)14)5-7(10)6-22(18,19-2)20-3/h7H,4-6H2,1-3H3,(H,15,16)/t7-,10+/m1/s1. The molecule has 0 saturated heterocycles. The van der Waals surface area contributed by atoms with Gasteiger partial charge in [-0.3, -0.25) is 9.36 Å². The van der Waals surface area contributed by atoms with E-state index in [1.54, 1.807) is 5.32 Å². The minimum Gasteiger partial charge on any atom is -0.464 e. The summed E-state index contributed by atoms with van der Waals surface area (Å²) in [6.07, 6.45) is -5.58. The summed E-state index contributed by atoms with van der Waals surface area (Å²) in [6.45, 7) is 1.41. The lowest BCUT2D eigenvalue weighted by atomic mass is 10.2. The Morgan fingerprint density at radius 1 is 1.32 bits per heavy atom. The predicted molar refractivity (Wildman–Crippen MR) is 68.2 cm³/mol. The fourth-order valence-corrected chi connectivity index (χ4v) is 3.46. The van der Waals surface area contributed by atoms with Gasteiger partial charge in [-0.25, -0.2) is 4.79 Å². The van der Waals surface area contributed by atoms with Crippen molar-refractivity contribution in [3.63, 3.8) is 0 Å². The Balaban J connectivity index is 2.92. The molecular formula is C11H17F3NO6P. The van der Waals surface area contributed by atoms with E-state index in [9.17, 15) is 27.3 Å². The molecular weight excluding hydrogens is 330 g/mol. The zero-order chi connectivity index (χ0) is 17.2. The molecule has 0 aromatic carbocycles. The van der Waals surface area contributed by atoms with Crippen LogP contribution in [0.5, 0.6) is 0 Å². The number of nitrogens with one attached hydrogen (secondary N) is 1. The predicted octanol–water partition coefficient (Wildman–Crippen LogP) is 1.47. The highest BCUT2D eigenvalue weighted by atomic mass is 31.2. The topological polar surface area (TPSA) is 90.9 Å². The largest absolute Gasteiger partial charge is 0.471 e. The van der Waals surface area contributed by atoms with Gasteiger partial charge >= 0.3 is 25.6 Å². The molecule has 0 aliphatic heterocycles. The van der Waals surface area contributed by atoms with Crippen LogP contribution in [0.4, 0.5) is 13.2 Å². The lowest BCUT2D eigenvalue weighted by molar-refractivity contribution is -0.176. The van der Waals surface area contributed by atoms with E-state index in [1.165, 1.54) is 6.92 Å². The summed E-state index contributed by atoms with van der Waals surface area (Å²) in [6, 6.07) is 0. The van der Waals surface area contributed by atoms with Crippen LogP contribution in [-0.4, -0.2) is 50.6 Å². The molecule has 128 valence electrons. The number of ether oxygens (including phenoxy) is 1. The average molecular weight is 347 g/mol. The second-order valence-electron chi connectivity index (χ2n) is 4.70. The van der Waals surface area contributed by atoms with E-state index in [4.69, 9.17) is 4.74 Å². The summed E-state index contributed by atoms with van der Waals surface area (Å²) >= 11 is 0. The third-order valence-electron chi connectivity index (χ3n) is 3.34. The van der Waals surface area contributed by atoms with Gasteiger partial charge in [-0.2, -0.15) is 13.2 Å². The van der Waals surface area contributed by atoms with Gasteiger partial charge in [0.15, 0.2) is 0 Å². The number of amides is 1. The molecule has 0 aromatic rings. The summed E-state index contributed by atoms with van der Waals surface area (Å²) in [5.74, 6) is -4.09. The second kappa shape index (κ2) is 6.55. The van der Waals surface area contributed by atoms with E-state index in [-0.39, 0.29) is 19.2 Å². The van der Waals surface area contributed by atoms with E-state index >= 15 is 0 Å². The van der Waals surface area contributed by atoms with Gasteiger partial charge in [0.1, 0.15) is 5.54 Å². The molecule has 1 N–H and O–H groups in total. The maximum absolute atomic E-state index is 12.4. The van der Waals surface area contributed by atoms with Crippen LogP contribution in [0.1, 0.15) is 13.3 Å². The van der Waals surface area contributed by atoms with Crippen molar-refractivity contribution in [1.82, 2.24) is 5.32 Å². The zero-order valence-electron chi connectivity index (χ0n) is 12.2. The Morgan fingerprint density at radius 2 is 1.86 bits per heavy atom. The first-order chi connectivity index (χ1) is 10.0. The fraction of sp³-hybridized carbons (Fsp3) is 0.818. The maximum Gasteiger partial charge on any atom is 0.471 e. The molecule has 0 aromatic heterocycles. The first-order valence-corrected chi connectivity index (χ1v) is 8.04. The third-order valence-corrected chi connectivity index (χ3v) is 5.34. The van der Waals surface area contributed by atoms with E-state index < -0.39 is 37.1 Å². The van der Waals surface area contributed by atoms with E-state index in [2.05, 4.69) is 9.05 Å². The van der Waals surface area contributed by atoms with Crippen LogP contribution in [0.15, 0.2) is 0 Å². The van der Waals surface area contributed by atoms with Crippen molar-refractivity contribution in [3.05, 3.63) is 0 Å². The van der Waals surface area contributed by atoms with E-state index in [1.807, 2.05) is 0 Å². The van der Waals surface area contributed by atoms with Crippen molar-refractivity contribution in [1.29, 1.82) is 0 Å². The number of rotatable bonds is 7. The second-order valence-corrected chi connectivity index (χ2v) is 7.02. The van der Waals surface area contributed by atoms with Gasteiger partial charge in [0.2, 0.25) is 0 Å². The lowest BCUT2D eigenvalue weighted by Crippen LogP contribution is -2.51. The van der Waals surface area contributed by atoms with Crippen LogP contribution in [0, 0.1) is 5.92 Å². The van der Waals surface area contributed by atoms with Crippen LogP contribution in [0.25, 0.3) is 0 Å². The first kappa shape index (κ1) is 18.9. The molecule has 0 heterocycles. The van der Waals surface area contributed by atoms with Crippen LogP contribution in [-0.2, 0) is 27.9 Å². The molecule has 0 spiro atoms. The molecule has 1 saturated carbocycles. The Labute approximate surface area is 125 Å². The Kier molecular flexibility index (Phi) is 5.64. The van der Waals surface area contributed by atoms with Crippen molar-refractivity contribution < 1.29 is 41.1 Å². The molecule has 22 heavy (non-hydrogen) atoms. The first-order valence-electron chi connectivity index (χ1n) is 6.31. The fourth-order valence-electron chi connectivity index (χ4n) is 2.03. The van der Waals surface area contributed by atoms with Crippen LogP contribution in [0.3, 0.4) is 0 Å². The molecule has 1 aliphatic carbocycles. The van der Waals surface area contributed by atoms with E-state index in [0.29, 0.717) is 0 Å². The van der Waals surface area contributed by atoms with Gasteiger partial charge in [0.25, 0.3) is 0 Å². The van der Waals surface area contributed by atoms with Gasteiger partial charge < -0.3 is 19.1 Å². The minimum absolute atomic E-state index is 0.0680. The van der Waals surface area contributed by atoms with Gasteiger partial charge in [0.05, 0.1) is 12.8 Å². The van der Waals surface area contributed by atoms with Crippen LogP contribution >= 0.6 is 7.60 Å². The van der Waals surface area contributed by atoms with Gasteiger partial charge in [-0.15, -0.1) is 0 Å². The number of esters is 1. The van der Waals surface area contributed by atoms with Gasteiger partial charge in [-0.05, 0) is 13.3 Å². The highest BCUT2D eigenvalue weighted by molar-refractivity contribution is 7.53. The van der Waals surface area contributed by atoms with Gasteiger partial charge in [0, 0.05) is 20.1 Å². The van der Waals surface area contributed by atoms with Crippen molar-refractivity contribution in [2.45, 2.75) is 25.1 Å². The monoisotopic (exact) mass is 347 g/mol. The molecule has 1 aliphatic rings. The highest BCUT2D eigenvalue weighted by Crippen LogP contribution is 2.57. The summed E-state index contributed by atoms with van der Waals surface area (Å²) in [4.78, 5) is 23.0. The third kappa shape index (κ3) is 3.99. The summed E-state index contributed by atoms with van der Waals surface area (Å²) in [5, 5.41) is 1.64. The SMILES string of the molecule is CCOC(=O)[C@]1(NC(=O)C(F)(F)F)C[C@@H]1CP(=O)(OC)OC. The summed E-state index contributed by atoms with van der Waals surface area (Å²) in [5.41, 5.74) is -1.85. The number of hydrogen-bond acceptors (Lipinski definition) is 6. The normalized spacial score (nSPS) is 24.7. The van der Waals surface area contributed by atoms with Gasteiger partial charge in [-0.1, -0.05) is 0 Å². The Bertz CT molecular complexity index is 489. The molecule has 0 unspecified atom stereocenters. The number of hydrogen-bond donors (Lipinski definition) is 1. The van der Waals surface area contributed by atoms with Crippen molar-refractivity contribution in [2.24, 2.45) is 5.92 Å². The van der Waals surface area contributed by atoms with Crippen molar-refractivity contribution in [3.8, 4) is 0 Å². The molecule has 1 amide bonds. The summed E-state index contributed by atoms with van der Waals surface area (Å²) < 4.78 is 63.3. The maximum atomic E-state index is 12.4. The van der Waals surface area contributed by atoms with Crippen LogP contribution < -0.4 is 5.32 Å².